The molecule has 43 heteroatoms. The molecule has 1 unspecified atom stereocenters. The molecule has 41 nitrogen and oxygen atoms in total. The molecule has 5 aliphatic rings. The number of carbonyl (C=O) groups is 18. The number of aromatic amines is 2. The van der Waals surface area contributed by atoms with E-state index in [1.165, 1.54) is 54.5 Å². The number of para-hydroxylation sites is 2. The van der Waals surface area contributed by atoms with Crippen molar-refractivity contribution in [2.45, 2.75) is 191 Å². The van der Waals surface area contributed by atoms with Crippen LogP contribution in [0.15, 0.2) is 60.9 Å². The Hall–Kier alpha value is -11.4. The standard InChI is InChI=1S/C79H111N21O20S2/c1-41(2)65-77(118)89-53(32-64(107)108)71(112)84-35-63(106)100-57(31-46-34-83-50-17-11-9-15-48(46)50)76(117)93-66(42(3)4)79(120)99-25-13-19-56(99)75(116)90-54(68(81)109)37-121-28-22-61(104)96-26-27-97(40-98(100)39-96)62(105)23-29-122-38-55(91-69(110)43(5)85-59(102)36-95(7)60(103)21-24-80)74(115)94-67-58(101)20-12-18-51(87-78(67)119)72(113)86-44(6)70(111)88-52(73(114)92-65)30-45-33-82-49-16-10-8-14-47(45)49/h8-11,14-17,33-34,41-44,51-58,65-67,82-83,101H,12-13,18-32,35-40,80H2,1-7H3,(H2,81,109)(H,84,112)(H,85,102)(H,86,113)(H,87,119)(H,88,111)(H,89,118)(H,90,116)(H,91,110)(H,92,114)(H,93,117)(H,94,115)(H,107,108)/t43-,44-,51-,52-,53-,54-,55-,56-,57-,58+,65-,66-,67-/m0/s1. The quantitative estimate of drug-likeness (QED) is 0.0501. The van der Waals surface area contributed by atoms with Crippen LogP contribution in [0, 0.1) is 11.8 Å². The summed E-state index contributed by atoms with van der Waals surface area (Å²) in [5, 5.41) is 53.7. The normalized spacial score (nSPS) is 26.2. The van der Waals surface area contributed by atoms with Crippen molar-refractivity contribution in [2.24, 2.45) is 23.3 Å². The van der Waals surface area contributed by atoms with E-state index in [4.69, 9.17) is 11.5 Å². The lowest BCUT2D eigenvalue weighted by molar-refractivity contribution is -0.172. The number of hydrazine groups is 1. The Morgan fingerprint density at radius 1 is 0.615 bits per heavy atom. The van der Waals surface area contributed by atoms with Gasteiger partial charge in [0.2, 0.25) is 94.5 Å². The minimum Gasteiger partial charge on any atom is -0.481 e. The number of nitrogens with zero attached hydrogens (tertiary/aromatic N) is 6. The Balaban J connectivity index is 1.14. The highest BCUT2D eigenvalue weighted by Crippen LogP contribution is 2.28. The zero-order chi connectivity index (χ0) is 88.9. The van der Waals surface area contributed by atoms with Crippen molar-refractivity contribution in [3.8, 4) is 0 Å². The summed E-state index contributed by atoms with van der Waals surface area (Å²) in [6.07, 6.45) is -0.818. The number of H-pyrrole nitrogens is 2. The molecular weight excluding hydrogens is 1630 g/mol. The first-order valence-electron chi connectivity index (χ1n) is 40.6. The van der Waals surface area contributed by atoms with Crippen LogP contribution in [0.1, 0.15) is 110 Å². The molecule has 7 heterocycles. The maximum Gasteiger partial charge on any atom is 0.305 e. The van der Waals surface area contributed by atoms with Crippen LogP contribution in [-0.2, 0) is 99.1 Å². The fourth-order valence-corrected chi connectivity index (χ4v) is 16.8. The summed E-state index contributed by atoms with van der Waals surface area (Å²) in [6.45, 7) is 5.46. The predicted molar refractivity (Wildman–Crippen MR) is 444 cm³/mol. The van der Waals surface area contributed by atoms with Gasteiger partial charge in [0.15, 0.2) is 0 Å². The molecule has 0 spiro atoms. The molecular formula is C79H111N21O20S2. The van der Waals surface area contributed by atoms with Gasteiger partial charge in [0.05, 0.1) is 39.0 Å². The Morgan fingerprint density at radius 3 is 1.82 bits per heavy atom. The minimum atomic E-state index is -2.04. The van der Waals surface area contributed by atoms with Crippen LogP contribution in [0.25, 0.3) is 21.8 Å². The topological polar surface area (TPSA) is 583 Å². The number of hydrogen-bond acceptors (Lipinski definition) is 23. The molecule has 19 N–H and O–H groups in total. The van der Waals surface area contributed by atoms with E-state index in [2.05, 4.69) is 68.5 Å². The van der Waals surface area contributed by atoms with Gasteiger partial charge in [-0.25, -0.2) is 0 Å². The maximum absolute atomic E-state index is 16.2. The van der Waals surface area contributed by atoms with Gasteiger partial charge in [0, 0.05) is 123 Å². The van der Waals surface area contributed by atoms with Crippen LogP contribution in [0.3, 0.4) is 0 Å². The Bertz CT molecular complexity index is 4560. The number of carbonyl (C=O) groups excluding carboxylic acids is 17. The maximum atomic E-state index is 16.2. The molecule has 0 saturated carbocycles. The second-order valence-corrected chi connectivity index (χ2v) is 33.9. The third-order valence-corrected chi connectivity index (χ3v) is 23.9. The summed E-state index contributed by atoms with van der Waals surface area (Å²) in [4.78, 5) is 272. The molecule has 664 valence electrons. The number of benzene rings is 2. The lowest BCUT2D eigenvalue weighted by Gasteiger charge is -2.42. The molecule has 5 fully saturated rings. The number of likely N-dealkylation sites (N-methyl/N-ethyl adjacent to an activating group) is 1. The summed E-state index contributed by atoms with van der Waals surface area (Å²) in [6, 6.07) is -4.80. The molecule has 0 aliphatic carbocycles. The molecule has 0 radical (unpaired) electrons. The fourth-order valence-electron chi connectivity index (χ4n) is 14.9. The van der Waals surface area contributed by atoms with Crippen molar-refractivity contribution in [1.29, 1.82) is 0 Å². The van der Waals surface area contributed by atoms with E-state index in [0.29, 0.717) is 39.4 Å². The highest BCUT2D eigenvalue weighted by molar-refractivity contribution is 7.99. The van der Waals surface area contributed by atoms with Crippen LogP contribution in [0.5, 0.6) is 0 Å². The molecule has 5 bridgehead atoms. The van der Waals surface area contributed by atoms with E-state index in [0.717, 1.165) is 33.4 Å². The second-order valence-electron chi connectivity index (χ2n) is 31.6. The summed E-state index contributed by atoms with van der Waals surface area (Å²) in [5.41, 5.74) is 13.5. The van der Waals surface area contributed by atoms with E-state index in [9.17, 15) is 77.3 Å². The van der Waals surface area contributed by atoms with Gasteiger partial charge in [0.25, 0.3) is 5.91 Å². The number of aliphatic carboxylic acids is 1. The highest BCUT2D eigenvalue weighted by Gasteiger charge is 2.46. The fraction of sp³-hybridized carbons (Fsp3) is 0.570. The van der Waals surface area contributed by atoms with Gasteiger partial charge in [-0.2, -0.15) is 28.5 Å². The molecule has 5 aliphatic heterocycles. The van der Waals surface area contributed by atoms with E-state index in [1.807, 2.05) is 0 Å². The first-order chi connectivity index (χ1) is 58.0. The van der Waals surface area contributed by atoms with Gasteiger partial charge >= 0.3 is 5.97 Å². The van der Waals surface area contributed by atoms with Gasteiger partial charge < -0.3 is 110 Å². The molecule has 122 heavy (non-hydrogen) atoms. The van der Waals surface area contributed by atoms with Gasteiger partial charge in [-0.1, -0.05) is 64.1 Å². The van der Waals surface area contributed by atoms with Crippen molar-refractivity contribution >= 4 is 152 Å². The predicted octanol–water partition coefficient (Wildman–Crippen LogP) is -4.67. The van der Waals surface area contributed by atoms with Crippen LogP contribution in [0.4, 0.5) is 0 Å². The third kappa shape index (κ3) is 25.1. The van der Waals surface area contributed by atoms with Crippen molar-refractivity contribution in [3.05, 3.63) is 72.1 Å². The Kier molecular flexibility index (Phi) is 33.9. The number of aromatic nitrogens is 2. The van der Waals surface area contributed by atoms with E-state index in [1.54, 1.807) is 74.8 Å². The average molecular weight is 1740 g/mol. The molecule has 14 atom stereocenters. The number of thioether (sulfide) groups is 2. The number of carboxylic acids is 1. The number of primary amides is 1. The lowest BCUT2D eigenvalue weighted by atomic mass is 9.97. The van der Waals surface area contributed by atoms with E-state index in [-0.39, 0.29) is 88.4 Å². The monoisotopic (exact) mass is 1740 g/mol. The van der Waals surface area contributed by atoms with Crippen molar-refractivity contribution < 1.29 is 96.5 Å². The minimum absolute atomic E-state index is 0.00251. The summed E-state index contributed by atoms with van der Waals surface area (Å²) < 4.78 is 0. The largest absolute Gasteiger partial charge is 0.481 e. The van der Waals surface area contributed by atoms with Crippen LogP contribution in [0.2, 0.25) is 0 Å². The summed E-state index contributed by atoms with van der Waals surface area (Å²) >= 11 is 2.01. The van der Waals surface area contributed by atoms with Crippen LogP contribution < -0.4 is 70.0 Å². The number of carboxylic acid groups (broad SMARTS) is 1. The number of nitrogens with two attached hydrogens (primary N) is 2. The van der Waals surface area contributed by atoms with Crippen molar-refractivity contribution in [3.63, 3.8) is 0 Å². The number of hydrogen-bond donors (Lipinski definition) is 17. The number of fused-ring (bicyclic) bond motifs is 8. The molecule has 17 amide bonds. The highest BCUT2D eigenvalue weighted by atomic mass is 32.2. The van der Waals surface area contributed by atoms with Crippen LogP contribution in [-0.4, -0.2) is 317 Å². The molecule has 2 aromatic heterocycles. The lowest BCUT2D eigenvalue weighted by Crippen LogP contribution is -2.65. The van der Waals surface area contributed by atoms with Gasteiger partial charge in [-0.05, 0) is 81.0 Å². The molecule has 2 aromatic carbocycles. The number of nitrogens with one attached hydrogen (secondary N) is 13. The van der Waals surface area contributed by atoms with Crippen molar-refractivity contribution in [2.75, 3.05) is 82.7 Å². The summed E-state index contributed by atoms with van der Waals surface area (Å²) in [7, 11) is 1.35. The van der Waals surface area contributed by atoms with E-state index >= 15 is 19.2 Å². The second kappa shape index (κ2) is 43.9. The van der Waals surface area contributed by atoms with Crippen molar-refractivity contribution in [1.82, 2.24) is 98.1 Å². The van der Waals surface area contributed by atoms with E-state index < -0.39 is 248 Å². The van der Waals surface area contributed by atoms with Crippen LogP contribution >= 0.6 is 23.5 Å². The average Bonchev–Trinajstić information content (AvgIpc) is 1.64. The first-order valence-corrected chi connectivity index (χ1v) is 43.0. The number of amides is 17. The molecule has 9 rings (SSSR count). The third-order valence-electron chi connectivity index (χ3n) is 21.8. The number of rotatable bonds is 16. The SMILES string of the molecule is CC(C)[C@@H]1NC(=O)[C@H](Cc2c[nH]c3ccccc23)NC(=O)[C@H](C)NC(=O)[C@@H]2CCC[C@@H](O)[C@H](NC(=O)[C@@H](NC(=O)[C@H](C)NC(=O)CN(C)C(=O)CCN)CSCCC(=O)N3CCN4CN(C3)N(C(=O)CNC(=O)[C@H](CC(=O)O)NC1=O)[C@@H](Cc1c[nH]c3ccccc13)C(=O)N[C@@H](C(C)C)C(=O)N1CCC[C@H]1C(=O)N[C@H](C(N)=O)CSCCC4=O)C(=O)N2. The first kappa shape index (κ1) is 94.4. The van der Waals surface area contributed by atoms with Gasteiger partial charge in [-0.3, -0.25) is 91.3 Å². The van der Waals surface area contributed by atoms with Gasteiger partial charge in [-0.15, -0.1) is 0 Å². The number of aliphatic hydroxyl groups is 1. The molecule has 4 aromatic rings. The Labute approximate surface area is 711 Å². The number of aliphatic hydroxyl groups excluding tert-OH is 1. The summed E-state index contributed by atoms with van der Waals surface area (Å²) in [5.74, 6) is -19.3. The van der Waals surface area contributed by atoms with Gasteiger partial charge in [0.1, 0.15) is 72.5 Å². The molecule has 5 saturated heterocycles. The smallest absolute Gasteiger partial charge is 0.305 e. The zero-order valence-corrected chi connectivity index (χ0v) is 70.7. The Morgan fingerprint density at radius 2 is 1.21 bits per heavy atom. The zero-order valence-electron chi connectivity index (χ0n) is 69.1.